The smallest absolute Gasteiger partial charge is 0.145 e. The van der Waals surface area contributed by atoms with Gasteiger partial charge in [-0.15, -0.1) is 0 Å². The first kappa shape index (κ1) is 28.3. The third kappa shape index (κ3) is 4.32. The third-order valence-corrected chi connectivity index (χ3v) is 9.95. The molecule has 0 fully saturated rings. The summed E-state index contributed by atoms with van der Waals surface area (Å²) in [6.07, 6.45) is 1.73. The molecule has 0 bridgehead atoms. The van der Waals surface area contributed by atoms with E-state index in [1.165, 1.54) is 37.9 Å². The van der Waals surface area contributed by atoms with Gasteiger partial charge in [-0.3, -0.25) is 9.55 Å². The molecule has 0 atom stereocenters. The number of fused-ring (bicyclic) bond motifs is 6. The zero-order valence-corrected chi connectivity index (χ0v) is 27.0. The fourth-order valence-corrected chi connectivity index (χ4v) is 7.68. The van der Waals surface area contributed by atoms with Crippen molar-refractivity contribution in [2.75, 3.05) is 0 Å². The van der Waals surface area contributed by atoms with Crippen LogP contribution in [0, 0.1) is 0 Å². The minimum absolute atomic E-state index is 0.187. The van der Waals surface area contributed by atoms with Gasteiger partial charge in [0.25, 0.3) is 0 Å². The van der Waals surface area contributed by atoms with E-state index < -0.39 is 0 Å². The number of pyridine rings is 1. The highest BCUT2D eigenvalue weighted by Gasteiger charge is 2.18. The molecule has 0 spiro atoms. The summed E-state index contributed by atoms with van der Waals surface area (Å²) in [7, 11) is 0. The number of aromatic hydroxyl groups is 1. The highest BCUT2D eigenvalue weighted by Crippen LogP contribution is 2.44. The number of para-hydroxylation sites is 3. The first-order chi connectivity index (χ1) is 24.7. The normalized spacial score (nSPS) is 11.7. The van der Waals surface area contributed by atoms with Crippen LogP contribution in [0.1, 0.15) is 0 Å². The topological polar surface area (TPSA) is 50.9 Å². The van der Waals surface area contributed by atoms with Crippen LogP contribution in [-0.4, -0.2) is 19.6 Å². The monoisotopic (exact) mass is 639 g/mol. The summed E-state index contributed by atoms with van der Waals surface area (Å²) in [6.45, 7) is 0. The summed E-state index contributed by atoms with van der Waals surface area (Å²) < 4.78 is 2.24. The lowest BCUT2D eigenvalue weighted by molar-refractivity contribution is 0.480. The van der Waals surface area contributed by atoms with Crippen molar-refractivity contribution in [1.82, 2.24) is 14.5 Å². The Kier molecular flexibility index (Phi) is 6.30. The van der Waals surface area contributed by atoms with Crippen LogP contribution in [0.4, 0.5) is 0 Å². The van der Waals surface area contributed by atoms with Crippen molar-refractivity contribution in [2.24, 2.45) is 0 Å². The van der Waals surface area contributed by atoms with Gasteiger partial charge in [-0.1, -0.05) is 115 Å². The minimum Gasteiger partial charge on any atom is -0.506 e. The average Bonchev–Trinajstić information content (AvgIpc) is 3.57. The standard InChI is InChI=1S/C46H29N3O/c50-43-26-25-37(39-16-9-27-47-45(39)43)44-34-13-5-4-10-31(34)28-40-35-15-8-14-33(36(35)23-24-38(40)44)29-19-21-30(22-20-29)46-48-41-17-6-7-18-42(41)49(46)32-11-2-1-3-12-32/h1-28,50H. The Morgan fingerprint density at radius 1 is 0.480 bits per heavy atom. The van der Waals surface area contributed by atoms with Crippen LogP contribution in [0.5, 0.6) is 5.75 Å². The number of hydrogen-bond acceptors (Lipinski definition) is 3. The van der Waals surface area contributed by atoms with Crippen LogP contribution in [0.2, 0.25) is 0 Å². The highest BCUT2D eigenvalue weighted by atomic mass is 16.3. The molecule has 0 radical (unpaired) electrons. The number of phenolic OH excluding ortho intramolecular Hbond substituents is 1. The van der Waals surface area contributed by atoms with Crippen molar-refractivity contribution in [3.05, 3.63) is 170 Å². The summed E-state index contributed by atoms with van der Waals surface area (Å²) in [5, 5.41) is 18.7. The second kappa shape index (κ2) is 11.1. The van der Waals surface area contributed by atoms with Gasteiger partial charge >= 0.3 is 0 Å². The van der Waals surface area contributed by atoms with Gasteiger partial charge in [0.2, 0.25) is 0 Å². The van der Waals surface area contributed by atoms with Crippen molar-refractivity contribution in [1.29, 1.82) is 0 Å². The summed E-state index contributed by atoms with van der Waals surface area (Å²) >= 11 is 0. The molecule has 4 nitrogen and oxygen atoms in total. The van der Waals surface area contributed by atoms with E-state index in [2.05, 4.69) is 137 Å². The van der Waals surface area contributed by atoms with E-state index in [9.17, 15) is 5.11 Å². The maximum Gasteiger partial charge on any atom is 0.145 e. The molecular formula is C46H29N3O. The van der Waals surface area contributed by atoms with Crippen molar-refractivity contribution < 1.29 is 5.11 Å². The van der Waals surface area contributed by atoms with Crippen LogP contribution >= 0.6 is 0 Å². The van der Waals surface area contributed by atoms with E-state index in [1.807, 2.05) is 30.3 Å². The van der Waals surface area contributed by atoms with E-state index in [0.717, 1.165) is 50.2 Å². The highest BCUT2D eigenvalue weighted by molar-refractivity contribution is 6.23. The Morgan fingerprint density at radius 3 is 2.12 bits per heavy atom. The lowest BCUT2D eigenvalue weighted by atomic mass is 9.87. The van der Waals surface area contributed by atoms with E-state index in [1.54, 1.807) is 12.3 Å². The molecule has 0 aliphatic heterocycles. The van der Waals surface area contributed by atoms with Crippen LogP contribution < -0.4 is 0 Å². The molecule has 234 valence electrons. The second-order valence-electron chi connectivity index (χ2n) is 12.7. The number of imidazole rings is 1. The van der Waals surface area contributed by atoms with Crippen molar-refractivity contribution in [3.63, 3.8) is 0 Å². The molecule has 1 N–H and O–H groups in total. The molecule has 0 unspecified atom stereocenters. The number of rotatable bonds is 4. The van der Waals surface area contributed by atoms with Crippen LogP contribution in [-0.2, 0) is 0 Å². The summed E-state index contributed by atoms with van der Waals surface area (Å²) in [5.41, 5.74) is 9.35. The molecule has 0 saturated carbocycles. The van der Waals surface area contributed by atoms with E-state index >= 15 is 0 Å². The first-order valence-electron chi connectivity index (χ1n) is 16.8. The van der Waals surface area contributed by atoms with Gasteiger partial charge in [-0.2, -0.15) is 0 Å². The zero-order valence-electron chi connectivity index (χ0n) is 27.0. The van der Waals surface area contributed by atoms with Crippen LogP contribution in [0.15, 0.2) is 170 Å². The minimum atomic E-state index is 0.187. The number of phenols is 1. The van der Waals surface area contributed by atoms with E-state index in [4.69, 9.17) is 4.98 Å². The Labute approximate surface area is 288 Å². The predicted molar refractivity (Wildman–Crippen MR) is 207 cm³/mol. The second-order valence-corrected chi connectivity index (χ2v) is 12.7. The number of hydrogen-bond donors (Lipinski definition) is 1. The molecule has 0 aliphatic rings. The number of benzene rings is 8. The average molecular weight is 640 g/mol. The molecule has 2 heterocycles. The fraction of sp³-hybridized carbons (Fsp3) is 0. The Balaban J connectivity index is 1.15. The van der Waals surface area contributed by atoms with Gasteiger partial charge in [0.05, 0.1) is 11.0 Å². The van der Waals surface area contributed by atoms with Gasteiger partial charge in [0.1, 0.15) is 17.1 Å². The van der Waals surface area contributed by atoms with Gasteiger partial charge in [-0.25, -0.2) is 4.98 Å². The molecular weight excluding hydrogens is 611 g/mol. The van der Waals surface area contributed by atoms with E-state index in [0.29, 0.717) is 5.52 Å². The quantitative estimate of drug-likeness (QED) is 0.154. The maximum atomic E-state index is 10.7. The summed E-state index contributed by atoms with van der Waals surface area (Å²) in [4.78, 5) is 9.60. The summed E-state index contributed by atoms with van der Waals surface area (Å²) in [6, 6.07) is 57.3. The molecule has 2 aromatic heterocycles. The van der Waals surface area contributed by atoms with Crippen LogP contribution in [0.3, 0.4) is 0 Å². The molecule has 10 rings (SSSR count). The zero-order chi connectivity index (χ0) is 33.2. The SMILES string of the molecule is Oc1ccc(-c2c3ccccc3cc3c2ccc2c(-c4ccc(-c5nc6ccccc6n5-c5ccccc5)cc4)cccc23)c2cccnc12. The maximum absolute atomic E-state index is 10.7. The van der Waals surface area contributed by atoms with Gasteiger partial charge in [0.15, 0.2) is 0 Å². The predicted octanol–water partition coefficient (Wildman–Crippen LogP) is 11.7. The molecule has 0 aliphatic carbocycles. The van der Waals surface area contributed by atoms with Gasteiger partial charge in [0, 0.05) is 22.8 Å². The number of aromatic nitrogens is 3. The molecule has 0 amide bonds. The Morgan fingerprint density at radius 2 is 1.22 bits per heavy atom. The van der Waals surface area contributed by atoms with E-state index in [-0.39, 0.29) is 5.75 Å². The largest absolute Gasteiger partial charge is 0.506 e. The molecule has 50 heavy (non-hydrogen) atoms. The first-order valence-corrected chi connectivity index (χ1v) is 16.8. The third-order valence-electron chi connectivity index (χ3n) is 9.95. The summed E-state index contributed by atoms with van der Waals surface area (Å²) in [5.74, 6) is 1.11. The van der Waals surface area contributed by atoms with Gasteiger partial charge in [-0.05, 0) is 103 Å². The van der Waals surface area contributed by atoms with Crippen molar-refractivity contribution in [3.8, 4) is 45.1 Å². The van der Waals surface area contributed by atoms with Gasteiger partial charge < -0.3 is 5.11 Å². The van der Waals surface area contributed by atoms with Crippen molar-refractivity contribution >= 4 is 54.3 Å². The lowest BCUT2D eigenvalue weighted by Crippen LogP contribution is -1.97. The number of nitrogens with zero attached hydrogens (tertiary/aromatic N) is 3. The molecule has 4 heteroatoms. The molecule has 10 aromatic rings. The fourth-order valence-electron chi connectivity index (χ4n) is 7.68. The molecule has 8 aromatic carbocycles. The van der Waals surface area contributed by atoms with Crippen molar-refractivity contribution in [2.45, 2.75) is 0 Å². The molecule has 0 saturated heterocycles. The Hall–Kier alpha value is -6.78. The lowest BCUT2D eigenvalue weighted by Gasteiger charge is -2.17. The Bertz CT molecular complexity index is 2930. The van der Waals surface area contributed by atoms with Crippen LogP contribution in [0.25, 0.3) is 93.6 Å².